The van der Waals surface area contributed by atoms with Crippen LogP contribution in [0, 0.1) is 0 Å². The van der Waals surface area contributed by atoms with Gasteiger partial charge in [0.1, 0.15) is 18.8 Å². The van der Waals surface area contributed by atoms with Crippen molar-refractivity contribution in [3.8, 4) is 0 Å². The van der Waals surface area contributed by atoms with Gasteiger partial charge in [0.25, 0.3) is 0 Å². The summed E-state index contributed by atoms with van der Waals surface area (Å²) in [6.45, 7) is 2.57. The van der Waals surface area contributed by atoms with Crippen LogP contribution in [0.4, 0.5) is 13.2 Å². The quantitative estimate of drug-likeness (QED) is 0.357. The molecule has 0 radical (unpaired) electrons. The van der Waals surface area contributed by atoms with Gasteiger partial charge in [-0.05, 0) is 0 Å². The Balaban J connectivity index is 3.23. The zero-order chi connectivity index (χ0) is 20.9. The van der Waals surface area contributed by atoms with Crippen LogP contribution >= 0.6 is 15.9 Å². The van der Waals surface area contributed by atoms with E-state index in [1.807, 2.05) is 0 Å². The highest BCUT2D eigenvalue weighted by Gasteiger charge is 2.52. The van der Waals surface area contributed by atoms with Crippen molar-refractivity contribution in [3.05, 3.63) is 0 Å². The minimum Gasteiger partial charge on any atom is -0.463 e. The Morgan fingerprint density at radius 2 is 1.52 bits per heavy atom. The zero-order valence-electron chi connectivity index (χ0n) is 14.4. The number of amides is 1. The first kappa shape index (κ1) is 23.1. The molecule has 0 unspecified atom stereocenters. The van der Waals surface area contributed by atoms with Crippen LogP contribution < -0.4 is 5.32 Å². The molecule has 1 rings (SSSR count). The highest BCUT2D eigenvalue weighted by Crippen LogP contribution is 2.30. The van der Waals surface area contributed by atoms with E-state index in [-0.39, 0.29) is 0 Å². The molecule has 0 bridgehead atoms. The lowest BCUT2D eigenvalue weighted by molar-refractivity contribution is -0.208. The molecular weight excluding hydrogens is 447 g/mol. The predicted molar refractivity (Wildman–Crippen MR) is 83.3 cm³/mol. The monoisotopic (exact) mass is 463 g/mol. The van der Waals surface area contributed by atoms with Crippen LogP contribution in [0.3, 0.4) is 0 Å². The van der Waals surface area contributed by atoms with E-state index in [4.69, 9.17) is 18.9 Å². The number of carbonyl (C=O) groups is 4. The summed E-state index contributed by atoms with van der Waals surface area (Å²) in [5.41, 5.74) is 0. The topological polar surface area (TPSA) is 117 Å². The number of hydrogen-bond donors (Lipinski definition) is 1. The third-order valence-corrected chi connectivity index (χ3v) is 3.98. The number of rotatable bonds is 5. The molecule has 1 heterocycles. The molecule has 9 nitrogen and oxygen atoms in total. The summed E-state index contributed by atoms with van der Waals surface area (Å²) in [5, 5.41) is 0.461. The van der Waals surface area contributed by atoms with Crippen molar-refractivity contribution in [1.82, 2.24) is 5.32 Å². The molecule has 0 aliphatic carbocycles. The molecule has 0 aromatic heterocycles. The number of hydrogen-bond acceptors (Lipinski definition) is 8. The van der Waals surface area contributed by atoms with Crippen LogP contribution in [-0.4, -0.2) is 66.0 Å². The summed E-state index contributed by atoms with van der Waals surface area (Å²) in [6.07, 6.45) is -9.49. The van der Waals surface area contributed by atoms with E-state index in [9.17, 15) is 32.3 Å². The molecule has 0 saturated carbocycles. The Kier molecular flexibility index (Phi) is 8.02. The van der Waals surface area contributed by atoms with Gasteiger partial charge in [-0.15, -0.1) is 0 Å². The molecule has 0 aromatic carbocycles. The van der Waals surface area contributed by atoms with E-state index in [2.05, 4.69) is 15.9 Å². The highest BCUT2D eigenvalue weighted by atomic mass is 79.9. The van der Waals surface area contributed by atoms with Crippen LogP contribution in [0.15, 0.2) is 0 Å². The second-order valence-corrected chi connectivity index (χ2v) is 6.38. The Morgan fingerprint density at radius 3 is 1.96 bits per heavy atom. The van der Waals surface area contributed by atoms with Crippen molar-refractivity contribution >= 4 is 39.7 Å². The van der Waals surface area contributed by atoms with Crippen LogP contribution in [0.5, 0.6) is 0 Å². The van der Waals surface area contributed by atoms with Gasteiger partial charge in [0, 0.05) is 20.8 Å². The third kappa shape index (κ3) is 6.97. The molecule has 5 atom stereocenters. The summed E-state index contributed by atoms with van der Waals surface area (Å²) in [5.74, 6) is -4.84. The van der Waals surface area contributed by atoms with Gasteiger partial charge in [0.15, 0.2) is 17.2 Å². The van der Waals surface area contributed by atoms with Crippen molar-refractivity contribution in [3.63, 3.8) is 0 Å². The minimum atomic E-state index is -5.24. The van der Waals surface area contributed by atoms with E-state index >= 15 is 0 Å². The lowest BCUT2D eigenvalue weighted by Gasteiger charge is -2.43. The summed E-state index contributed by atoms with van der Waals surface area (Å²) in [6, 6.07) is -1.63. The number of ether oxygens (including phenoxy) is 4. The maximum atomic E-state index is 12.7. The molecule has 1 saturated heterocycles. The van der Waals surface area contributed by atoms with Crippen molar-refractivity contribution in [1.29, 1.82) is 0 Å². The Morgan fingerprint density at radius 1 is 1.00 bits per heavy atom. The average molecular weight is 464 g/mol. The van der Waals surface area contributed by atoms with Gasteiger partial charge in [-0.25, -0.2) is 0 Å². The summed E-state index contributed by atoms with van der Waals surface area (Å²) in [7, 11) is 0. The van der Waals surface area contributed by atoms with Crippen LogP contribution in [-0.2, 0) is 38.1 Å². The molecule has 13 heteroatoms. The van der Waals surface area contributed by atoms with E-state index in [0.717, 1.165) is 20.8 Å². The van der Waals surface area contributed by atoms with Gasteiger partial charge in [-0.2, -0.15) is 13.2 Å². The molecule has 1 N–H and O–H groups in total. The molecule has 0 aromatic rings. The van der Waals surface area contributed by atoms with Gasteiger partial charge in [0.05, 0.1) is 0 Å². The standard InChI is InChI=1S/C14H17BrF3NO8/c1-5(20)24-4-8-10(25-6(2)21)9(19-13(23)14(16,17)18)11(12(15)27-8)26-7(3)22/h8-12H,4H2,1-3H3,(H,19,23)/t8-,9-,10-,11+,12+/m1/s1. The van der Waals surface area contributed by atoms with Gasteiger partial charge >= 0.3 is 30.0 Å². The number of carbonyl (C=O) groups excluding carboxylic acids is 4. The van der Waals surface area contributed by atoms with Crippen molar-refractivity contribution in [2.24, 2.45) is 0 Å². The van der Waals surface area contributed by atoms with Crippen molar-refractivity contribution in [2.45, 2.75) is 56.3 Å². The van der Waals surface area contributed by atoms with E-state index in [0.29, 0.717) is 0 Å². The fourth-order valence-corrected chi connectivity index (χ4v) is 3.01. The fourth-order valence-electron chi connectivity index (χ4n) is 2.29. The van der Waals surface area contributed by atoms with Gasteiger partial charge in [0.2, 0.25) is 0 Å². The first-order valence-corrected chi connectivity index (χ1v) is 8.39. The SMILES string of the molecule is CC(=O)OC[C@H]1O[C@H](Br)[C@@H](OC(C)=O)[C@H](NC(=O)C(F)(F)F)[C@@H]1OC(C)=O. The smallest absolute Gasteiger partial charge is 0.463 e. The first-order valence-electron chi connectivity index (χ1n) is 7.48. The lowest BCUT2D eigenvalue weighted by atomic mass is 9.96. The largest absolute Gasteiger partial charge is 0.471 e. The fraction of sp³-hybridized carbons (Fsp3) is 0.714. The summed E-state index contributed by atoms with van der Waals surface area (Å²) >= 11 is 2.99. The second-order valence-electron chi connectivity index (χ2n) is 5.47. The average Bonchev–Trinajstić information content (AvgIpc) is 2.49. The molecule has 154 valence electrons. The first-order chi connectivity index (χ1) is 12.3. The van der Waals surface area contributed by atoms with E-state index in [1.54, 1.807) is 5.32 Å². The number of halogens is 4. The predicted octanol–water partition coefficient (Wildman–Crippen LogP) is 0.580. The van der Waals surface area contributed by atoms with Gasteiger partial charge < -0.3 is 24.3 Å². The maximum absolute atomic E-state index is 12.7. The van der Waals surface area contributed by atoms with E-state index < -0.39 is 66.0 Å². The second kappa shape index (κ2) is 9.35. The number of alkyl halides is 4. The van der Waals surface area contributed by atoms with Gasteiger partial charge in [-0.1, -0.05) is 15.9 Å². The Bertz CT molecular complexity index is 599. The highest BCUT2D eigenvalue weighted by molar-refractivity contribution is 9.09. The summed E-state index contributed by atoms with van der Waals surface area (Å²) in [4.78, 5) is 45.1. The zero-order valence-corrected chi connectivity index (χ0v) is 16.0. The summed E-state index contributed by atoms with van der Waals surface area (Å²) < 4.78 is 58.1. The van der Waals surface area contributed by atoms with Crippen molar-refractivity contribution in [2.75, 3.05) is 6.61 Å². The van der Waals surface area contributed by atoms with E-state index in [1.165, 1.54) is 0 Å². The van der Waals surface area contributed by atoms with Gasteiger partial charge in [-0.3, -0.25) is 19.2 Å². The third-order valence-electron chi connectivity index (χ3n) is 3.25. The van der Waals surface area contributed by atoms with Crippen LogP contribution in [0.1, 0.15) is 20.8 Å². The minimum absolute atomic E-state index is 0.486. The normalized spacial score (nSPS) is 28.0. The molecule has 1 aliphatic heterocycles. The molecule has 0 spiro atoms. The Labute approximate surface area is 159 Å². The van der Waals surface area contributed by atoms with Crippen molar-refractivity contribution < 1.29 is 51.3 Å². The molecular formula is C14H17BrF3NO8. The number of nitrogens with one attached hydrogen (secondary N) is 1. The molecule has 27 heavy (non-hydrogen) atoms. The van der Waals surface area contributed by atoms with Crippen LogP contribution in [0.2, 0.25) is 0 Å². The molecule has 1 amide bonds. The molecule has 1 fully saturated rings. The van der Waals surface area contributed by atoms with Crippen LogP contribution in [0.25, 0.3) is 0 Å². The number of esters is 3. The lowest BCUT2D eigenvalue weighted by Crippen LogP contribution is -2.66. The maximum Gasteiger partial charge on any atom is 0.471 e. The molecule has 1 aliphatic rings. The Hall–Kier alpha value is -1.89.